The minimum Gasteiger partial charge on any atom is -0.489 e. The molecule has 1 fully saturated rings. The van der Waals surface area contributed by atoms with Gasteiger partial charge in [-0.2, -0.15) is 5.06 Å². The number of carboxylic acid groups (broad SMARTS) is 1. The molecule has 2 aliphatic rings. The predicted molar refractivity (Wildman–Crippen MR) is 109 cm³/mol. The number of pyridine rings is 1. The second-order valence-corrected chi connectivity index (χ2v) is 8.26. The lowest BCUT2D eigenvalue weighted by Gasteiger charge is -2.34. The zero-order valence-corrected chi connectivity index (χ0v) is 17.3. The summed E-state index contributed by atoms with van der Waals surface area (Å²) in [5, 5.41) is 31.5. The van der Waals surface area contributed by atoms with Gasteiger partial charge >= 0.3 is 5.97 Å². The number of nitrogens with zero attached hydrogens (tertiary/aromatic N) is 2. The standard InChI is InChI=1S/C21H23F2N3O6/c1-10-9-32-19-16(21(30)2-3-25(31)7-11(5-21)15(23)6-24)14(22)4-12-17(19)26(10)8-13(18(12)27)20(28)29/h4,8,10,30-31H,2-3,5-7,9,24H2,1H3,(H,28,29)/t10-,21?/m0/s1. The fourth-order valence-electron chi connectivity index (χ4n) is 4.46. The molecule has 1 unspecified atom stereocenters. The zero-order valence-electron chi connectivity index (χ0n) is 17.3. The molecule has 2 aromatic rings. The second kappa shape index (κ2) is 7.93. The molecule has 2 aliphatic heterocycles. The van der Waals surface area contributed by atoms with E-state index in [9.17, 15) is 29.4 Å². The van der Waals surface area contributed by atoms with Gasteiger partial charge in [0.15, 0.2) is 5.75 Å². The van der Waals surface area contributed by atoms with Crippen LogP contribution in [0.1, 0.15) is 41.7 Å². The highest BCUT2D eigenvalue weighted by Crippen LogP contribution is 2.46. The van der Waals surface area contributed by atoms with Crippen LogP contribution < -0.4 is 15.9 Å². The average Bonchev–Trinajstić information content (AvgIpc) is 2.89. The van der Waals surface area contributed by atoms with E-state index in [-0.39, 0.29) is 66.4 Å². The van der Waals surface area contributed by atoms with Crippen LogP contribution in [0.15, 0.2) is 28.5 Å². The Hall–Kier alpha value is -2.86. The Morgan fingerprint density at radius 1 is 1.44 bits per heavy atom. The molecule has 3 heterocycles. The first-order valence-electron chi connectivity index (χ1n) is 10.1. The monoisotopic (exact) mass is 451 g/mol. The number of nitrogens with two attached hydrogens (primary N) is 1. The number of benzene rings is 1. The van der Waals surface area contributed by atoms with Crippen molar-refractivity contribution >= 4 is 16.9 Å². The normalized spacial score (nSPS) is 25.4. The Labute approximate surface area is 180 Å². The summed E-state index contributed by atoms with van der Waals surface area (Å²) in [5.41, 5.74) is 1.92. The van der Waals surface area contributed by atoms with E-state index in [2.05, 4.69) is 0 Å². The largest absolute Gasteiger partial charge is 0.489 e. The van der Waals surface area contributed by atoms with Crippen LogP contribution in [-0.4, -0.2) is 57.3 Å². The molecule has 1 aromatic heterocycles. The van der Waals surface area contributed by atoms with Crippen LogP contribution in [-0.2, 0) is 5.60 Å². The minimum atomic E-state index is -1.97. The number of ether oxygens (including phenoxy) is 1. The summed E-state index contributed by atoms with van der Waals surface area (Å²) in [4.78, 5) is 24.3. The van der Waals surface area contributed by atoms with E-state index in [0.29, 0.717) is 0 Å². The van der Waals surface area contributed by atoms with Gasteiger partial charge in [0, 0.05) is 32.3 Å². The molecule has 9 nitrogen and oxygen atoms in total. The van der Waals surface area contributed by atoms with Gasteiger partial charge in [0.2, 0.25) is 5.43 Å². The first-order valence-corrected chi connectivity index (χ1v) is 10.1. The van der Waals surface area contributed by atoms with E-state index in [1.165, 1.54) is 10.8 Å². The smallest absolute Gasteiger partial charge is 0.341 e. The number of hydroxylamine groups is 2. The molecular weight excluding hydrogens is 428 g/mol. The van der Waals surface area contributed by atoms with Gasteiger partial charge in [-0.15, -0.1) is 0 Å². The van der Waals surface area contributed by atoms with Gasteiger partial charge < -0.3 is 30.5 Å². The fourth-order valence-corrected chi connectivity index (χ4v) is 4.46. The maximum absolute atomic E-state index is 15.5. The van der Waals surface area contributed by atoms with Gasteiger partial charge in [-0.3, -0.25) is 4.79 Å². The maximum Gasteiger partial charge on any atom is 0.341 e. The molecule has 32 heavy (non-hydrogen) atoms. The number of aromatic nitrogens is 1. The summed E-state index contributed by atoms with van der Waals surface area (Å²) >= 11 is 0. The molecule has 1 saturated heterocycles. The third-order valence-electron chi connectivity index (χ3n) is 6.09. The van der Waals surface area contributed by atoms with Crippen molar-refractivity contribution in [2.45, 2.75) is 31.4 Å². The lowest BCUT2D eigenvalue weighted by atomic mass is 9.83. The summed E-state index contributed by atoms with van der Waals surface area (Å²) in [6, 6.07) is 0.507. The number of halogens is 2. The maximum atomic E-state index is 15.5. The summed E-state index contributed by atoms with van der Waals surface area (Å²) in [7, 11) is 0. The van der Waals surface area contributed by atoms with Gasteiger partial charge in [0.1, 0.15) is 29.4 Å². The Kier molecular flexibility index (Phi) is 5.53. The molecule has 2 atom stereocenters. The molecular formula is C21H23F2N3O6. The zero-order chi connectivity index (χ0) is 23.4. The molecule has 172 valence electrons. The van der Waals surface area contributed by atoms with E-state index in [1.54, 1.807) is 6.92 Å². The molecule has 0 radical (unpaired) electrons. The van der Waals surface area contributed by atoms with Gasteiger partial charge in [0.25, 0.3) is 0 Å². The molecule has 0 saturated carbocycles. The summed E-state index contributed by atoms with van der Waals surface area (Å²) in [6.07, 6.45) is 0.674. The van der Waals surface area contributed by atoms with E-state index in [4.69, 9.17) is 10.5 Å². The number of rotatable bonds is 3. The van der Waals surface area contributed by atoms with Crippen LogP contribution in [0.3, 0.4) is 0 Å². The van der Waals surface area contributed by atoms with Crippen LogP contribution >= 0.6 is 0 Å². The molecule has 4 rings (SSSR count). The van der Waals surface area contributed by atoms with E-state index in [1.807, 2.05) is 0 Å². The van der Waals surface area contributed by atoms with Gasteiger partial charge in [-0.25, -0.2) is 13.6 Å². The van der Waals surface area contributed by atoms with Crippen molar-refractivity contribution < 1.29 is 33.7 Å². The van der Waals surface area contributed by atoms with Crippen molar-refractivity contribution in [1.82, 2.24) is 9.63 Å². The molecule has 0 bridgehead atoms. The summed E-state index contributed by atoms with van der Waals surface area (Å²) < 4.78 is 37.1. The van der Waals surface area contributed by atoms with Crippen LogP contribution in [0, 0.1) is 5.82 Å². The van der Waals surface area contributed by atoms with Crippen molar-refractivity contribution in [1.29, 1.82) is 0 Å². The van der Waals surface area contributed by atoms with E-state index in [0.717, 1.165) is 11.1 Å². The van der Waals surface area contributed by atoms with E-state index < -0.39 is 40.8 Å². The molecule has 0 spiro atoms. The van der Waals surface area contributed by atoms with Gasteiger partial charge in [-0.05, 0) is 25.0 Å². The second-order valence-electron chi connectivity index (χ2n) is 8.26. The molecule has 1 aromatic carbocycles. The number of hydrogen-bond donors (Lipinski definition) is 4. The van der Waals surface area contributed by atoms with Gasteiger partial charge in [0.05, 0.1) is 22.5 Å². The predicted octanol–water partition coefficient (Wildman–Crippen LogP) is 1.65. The highest BCUT2D eigenvalue weighted by atomic mass is 19.1. The topological polar surface area (TPSA) is 138 Å². The van der Waals surface area contributed by atoms with Crippen LogP contribution in [0.4, 0.5) is 8.78 Å². The number of carboxylic acids is 1. The van der Waals surface area contributed by atoms with Crippen molar-refractivity contribution in [3.05, 3.63) is 50.8 Å². The number of carbonyl (C=O) groups is 1. The van der Waals surface area contributed by atoms with Crippen molar-refractivity contribution in [2.75, 3.05) is 26.2 Å². The molecule has 0 amide bonds. The third-order valence-corrected chi connectivity index (χ3v) is 6.09. The quantitative estimate of drug-likeness (QED) is 0.553. The molecule has 5 N–H and O–H groups in total. The summed E-state index contributed by atoms with van der Waals surface area (Å²) in [6.45, 7) is 1.03. The minimum absolute atomic E-state index is 0.0180. The van der Waals surface area contributed by atoms with Crippen LogP contribution in [0.2, 0.25) is 0 Å². The number of hydrogen-bond acceptors (Lipinski definition) is 7. The first-order chi connectivity index (χ1) is 15.1. The Morgan fingerprint density at radius 3 is 2.81 bits per heavy atom. The van der Waals surface area contributed by atoms with E-state index >= 15 is 4.39 Å². The molecule has 11 heteroatoms. The highest BCUT2D eigenvalue weighted by Gasteiger charge is 2.42. The highest BCUT2D eigenvalue weighted by molar-refractivity contribution is 5.95. The summed E-state index contributed by atoms with van der Waals surface area (Å²) in [5.74, 6) is -3.26. The fraction of sp³-hybridized carbons (Fsp3) is 0.429. The van der Waals surface area contributed by atoms with Crippen molar-refractivity contribution in [3.8, 4) is 5.75 Å². The number of aromatic carboxylic acids is 1. The van der Waals surface area contributed by atoms with Gasteiger partial charge in [-0.1, -0.05) is 0 Å². The van der Waals surface area contributed by atoms with Crippen LogP contribution in [0.25, 0.3) is 10.9 Å². The van der Waals surface area contributed by atoms with Crippen molar-refractivity contribution in [3.63, 3.8) is 0 Å². The molecule has 0 aliphatic carbocycles. The SMILES string of the molecule is C[C@H]1COc2c(C3(O)CCN(O)CC(=C(F)CN)C3)c(F)cc3c(=O)c(C(=O)O)cn1c23. The average molecular weight is 451 g/mol. The Balaban J connectivity index is 2.02. The number of aliphatic hydroxyl groups is 1. The lowest BCUT2D eigenvalue weighted by Crippen LogP contribution is -2.33. The Bertz CT molecular complexity index is 1210. The van der Waals surface area contributed by atoms with Crippen LogP contribution in [0.5, 0.6) is 5.75 Å². The Morgan fingerprint density at radius 2 is 2.16 bits per heavy atom. The third kappa shape index (κ3) is 3.47. The van der Waals surface area contributed by atoms with Crippen molar-refractivity contribution in [2.24, 2.45) is 5.73 Å². The first kappa shape index (κ1) is 22.3. The lowest BCUT2D eigenvalue weighted by molar-refractivity contribution is -0.0901.